The zero-order valence-corrected chi connectivity index (χ0v) is 39.9. The van der Waals surface area contributed by atoms with Crippen molar-refractivity contribution in [2.75, 3.05) is 39.6 Å². The molecule has 4 aromatic rings. The summed E-state index contributed by atoms with van der Waals surface area (Å²) in [6.45, 7) is 14.4. The van der Waals surface area contributed by atoms with E-state index in [0.29, 0.717) is 11.8 Å². The molecule has 2 fully saturated rings. The number of ether oxygens (including phenoxy) is 6. The van der Waals surface area contributed by atoms with Gasteiger partial charge in [0.1, 0.15) is 50.1 Å². The topological polar surface area (TPSA) is 130 Å². The Hall–Kier alpha value is -5.26. The fourth-order valence-corrected chi connectivity index (χ4v) is 10.1. The minimum Gasteiger partial charge on any atom is -0.491 e. The van der Waals surface area contributed by atoms with E-state index in [1.165, 1.54) is 83.0 Å². The highest BCUT2D eigenvalue weighted by atomic mass is 16.6. The number of hydrogen-bond acceptors (Lipinski definition) is 10. The van der Waals surface area contributed by atoms with Gasteiger partial charge in [0.25, 0.3) is 0 Å². The van der Waals surface area contributed by atoms with E-state index in [9.17, 15) is 19.8 Å². The van der Waals surface area contributed by atoms with E-state index in [2.05, 4.69) is 98.1 Å². The molecule has 67 heavy (non-hydrogen) atoms. The normalized spacial score (nSPS) is 17.6. The lowest BCUT2D eigenvalue weighted by Gasteiger charge is -2.36. The largest absolute Gasteiger partial charge is 0.491 e. The van der Waals surface area contributed by atoms with Gasteiger partial charge in [0.05, 0.1) is 30.8 Å². The summed E-state index contributed by atoms with van der Waals surface area (Å²) in [6, 6.07) is 31.3. The Morgan fingerprint density at radius 2 is 0.955 bits per heavy atom. The fourth-order valence-electron chi connectivity index (χ4n) is 10.1. The van der Waals surface area contributed by atoms with Crippen molar-refractivity contribution >= 4 is 11.9 Å². The first kappa shape index (κ1) is 49.6. The first-order chi connectivity index (χ1) is 32.4. The summed E-state index contributed by atoms with van der Waals surface area (Å²) in [5, 5.41) is 20.9. The number of hydrogen-bond donors (Lipinski definition) is 2. The van der Waals surface area contributed by atoms with Crippen LogP contribution >= 0.6 is 0 Å². The molecule has 0 amide bonds. The van der Waals surface area contributed by atoms with Crippen molar-refractivity contribution in [3.63, 3.8) is 0 Å². The third-order valence-electron chi connectivity index (χ3n) is 13.5. The van der Waals surface area contributed by atoms with E-state index in [0.717, 1.165) is 37.2 Å². The maximum atomic E-state index is 11.8. The quantitative estimate of drug-likeness (QED) is 0.0511. The molecule has 0 saturated heterocycles. The lowest BCUT2D eigenvalue weighted by molar-refractivity contribution is -0.144. The van der Waals surface area contributed by atoms with Gasteiger partial charge < -0.3 is 38.6 Å². The first-order valence-electron chi connectivity index (χ1n) is 24.3. The third kappa shape index (κ3) is 11.9. The van der Waals surface area contributed by atoms with Gasteiger partial charge in [-0.1, -0.05) is 124 Å². The number of rotatable bonds is 22. The molecule has 0 aromatic heterocycles. The van der Waals surface area contributed by atoms with E-state index in [-0.39, 0.29) is 63.0 Å². The molecule has 4 atom stereocenters. The van der Waals surface area contributed by atoms with E-state index < -0.39 is 29.6 Å². The second-order valence-corrected chi connectivity index (χ2v) is 19.0. The molecule has 4 aromatic carbocycles. The zero-order chi connectivity index (χ0) is 47.5. The van der Waals surface area contributed by atoms with Gasteiger partial charge in [0, 0.05) is 11.1 Å². The highest BCUT2D eigenvalue weighted by Gasteiger charge is 2.47. The third-order valence-corrected chi connectivity index (χ3v) is 13.5. The van der Waals surface area contributed by atoms with Gasteiger partial charge in [-0.15, -0.1) is 0 Å². The molecule has 0 radical (unpaired) electrons. The van der Waals surface area contributed by atoms with Gasteiger partial charge >= 0.3 is 11.9 Å². The lowest BCUT2D eigenvalue weighted by Crippen LogP contribution is -2.30. The molecular weight excluding hydrogens is 845 g/mol. The van der Waals surface area contributed by atoms with Crippen molar-refractivity contribution in [2.45, 2.75) is 134 Å². The highest BCUT2D eigenvalue weighted by Crippen LogP contribution is 2.57. The Morgan fingerprint density at radius 1 is 0.567 bits per heavy atom. The number of benzene rings is 4. The number of carbonyl (C=O) groups excluding carboxylic acids is 2. The van der Waals surface area contributed by atoms with Crippen molar-refractivity contribution in [3.8, 4) is 22.6 Å². The Labute approximate surface area is 397 Å². The first-order valence-corrected chi connectivity index (χ1v) is 24.3. The summed E-state index contributed by atoms with van der Waals surface area (Å²) in [5.74, 6) is 1.28. The van der Waals surface area contributed by atoms with E-state index in [1.807, 2.05) is 13.8 Å². The molecule has 0 heterocycles. The van der Waals surface area contributed by atoms with Crippen LogP contribution in [0.2, 0.25) is 0 Å². The summed E-state index contributed by atoms with van der Waals surface area (Å²) in [4.78, 5) is 23.7. The summed E-state index contributed by atoms with van der Waals surface area (Å²) >= 11 is 0. The zero-order valence-electron chi connectivity index (χ0n) is 39.9. The smallest absolute Gasteiger partial charge is 0.333 e. The fraction of sp³-hybridized carbons (Fsp3) is 0.474. The molecule has 7 rings (SSSR count). The molecule has 10 nitrogen and oxygen atoms in total. The van der Waals surface area contributed by atoms with E-state index >= 15 is 0 Å². The second-order valence-electron chi connectivity index (χ2n) is 19.0. The molecule has 2 saturated carbocycles. The van der Waals surface area contributed by atoms with Crippen LogP contribution in [0.5, 0.6) is 11.5 Å². The van der Waals surface area contributed by atoms with Crippen molar-refractivity contribution in [1.29, 1.82) is 0 Å². The Kier molecular flexibility index (Phi) is 17.2. The molecule has 10 heteroatoms. The van der Waals surface area contributed by atoms with Crippen molar-refractivity contribution in [3.05, 3.63) is 143 Å². The van der Waals surface area contributed by atoms with E-state index in [1.54, 1.807) is 13.8 Å². The van der Waals surface area contributed by atoms with Gasteiger partial charge in [-0.3, -0.25) is 0 Å². The Balaban J connectivity index is 1.22. The molecule has 0 spiro atoms. The maximum absolute atomic E-state index is 11.8. The van der Waals surface area contributed by atoms with Crippen LogP contribution in [0.4, 0.5) is 0 Å². The average molecular weight is 915 g/mol. The molecule has 358 valence electrons. The number of fused-ring (bicyclic) bond motifs is 3. The second kappa shape index (κ2) is 23.2. The van der Waals surface area contributed by atoms with Crippen LogP contribution in [-0.2, 0) is 34.0 Å². The molecule has 2 N–H and O–H groups in total. The Bertz CT molecular complexity index is 2180. The number of esters is 2. The van der Waals surface area contributed by atoms with Gasteiger partial charge in [0.2, 0.25) is 0 Å². The Morgan fingerprint density at radius 3 is 1.34 bits per heavy atom. The van der Waals surface area contributed by atoms with Crippen LogP contribution in [0.25, 0.3) is 11.1 Å². The highest BCUT2D eigenvalue weighted by molar-refractivity contribution is 5.88. The predicted octanol–water partition coefficient (Wildman–Crippen LogP) is 10.7. The number of aliphatic hydroxyl groups is 2. The minimum atomic E-state index is -0.967. The predicted molar refractivity (Wildman–Crippen MR) is 261 cm³/mol. The SMILES string of the molecule is C=C(C)C(=O)OCC(O)COC(C)COc1ccc(C2(c3ccc(OCC(C)OCC(O)COC(=O)C(=C)C)c(C4CCCCC4)c3)c3ccccc3-c3ccccc32)cc1C1CCCCC1. The van der Waals surface area contributed by atoms with Crippen LogP contribution in [-0.4, -0.2) is 86.2 Å². The number of carbonyl (C=O) groups is 2. The lowest BCUT2D eigenvalue weighted by atomic mass is 9.66. The molecular formula is C57H70O10. The molecule has 4 unspecified atom stereocenters. The molecule has 3 aliphatic carbocycles. The summed E-state index contributed by atoms with van der Waals surface area (Å²) in [6.07, 6.45) is 8.87. The maximum Gasteiger partial charge on any atom is 0.333 e. The van der Waals surface area contributed by atoms with Gasteiger partial charge in [-0.2, -0.15) is 0 Å². The summed E-state index contributed by atoms with van der Waals surface area (Å²) in [5.41, 5.74) is 9.64. The minimum absolute atomic E-state index is 0.00371. The standard InChI is InChI=1S/C57H70O10/c1-37(2)55(60)66-35-45(58)33-62-39(5)31-64-53-27-25-43(29-49(53)41-17-9-7-10-18-41)57(51-23-15-13-21-47(51)48-22-14-16-24-52(48)57)44-26-28-54(50(30-44)42-19-11-8-12-20-42)65-32-40(6)63-34-46(59)36-67-56(61)38(3)4/h13-16,21-30,39-42,45-46,58-59H,1,3,7-12,17-20,31-36H2,2,4-6H3. The van der Waals surface area contributed by atoms with Gasteiger partial charge in [-0.25, -0.2) is 9.59 Å². The van der Waals surface area contributed by atoms with Crippen LogP contribution in [0.3, 0.4) is 0 Å². The van der Waals surface area contributed by atoms with Crippen LogP contribution < -0.4 is 9.47 Å². The molecule has 0 aliphatic heterocycles. The molecule has 0 bridgehead atoms. The summed E-state index contributed by atoms with van der Waals surface area (Å²) < 4.78 is 35.5. The van der Waals surface area contributed by atoms with Crippen LogP contribution in [0.1, 0.15) is 137 Å². The monoisotopic (exact) mass is 914 g/mol. The van der Waals surface area contributed by atoms with Crippen LogP contribution in [0.15, 0.2) is 109 Å². The van der Waals surface area contributed by atoms with Crippen molar-refractivity contribution in [2.24, 2.45) is 0 Å². The van der Waals surface area contributed by atoms with Crippen molar-refractivity contribution in [1.82, 2.24) is 0 Å². The average Bonchev–Trinajstić information content (AvgIpc) is 3.66. The van der Waals surface area contributed by atoms with Gasteiger partial charge in [-0.05, 0) is 122 Å². The molecule has 3 aliphatic rings. The summed E-state index contributed by atoms with van der Waals surface area (Å²) in [7, 11) is 0. The van der Waals surface area contributed by atoms with E-state index in [4.69, 9.17) is 28.4 Å². The number of aliphatic hydroxyl groups excluding tert-OH is 2. The van der Waals surface area contributed by atoms with Crippen molar-refractivity contribution < 1.29 is 48.2 Å². The van der Waals surface area contributed by atoms with Gasteiger partial charge in [0.15, 0.2) is 0 Å². The van der Waals surface area contributed by atoms with Crippen LogP contribution in [0, 0.1) is 0 Å².